The first-order valence-electron chi connectivity index (χ1n) is 7.55. The normalized spacial score (nSPS) is 19.6. The Morgan fingerprint density at radius 2 is 1.79 bits per heavy atom. The molecule has 0 bridgehead atoms. The number of nitrogens with zero attached hydrogens (tertiary/aromatic N) is 3. The van der Waals surface area contributed by atoms with Crippen LogP contribution in [0.25, 0.3) is 11.1 Å². The van der Waals surface area contributed by atoms with Gasteiger partial charge >= 0.3 is 6.09 Å². The van der Waals surface area contributed by atoms with Gasteiger partial charge in [-0.3, -0.25) is 4.98 Å². The van der Waals surface area contributed by atoms with Gasteiger partial charge in [0.2, 0.25) is 0 Å². The largest absolute Gasteiger partial charge is 0.439 e. The maximum atomic E-state index is 11.8. The van der Waals surface area contributed by atoms with Gasteiger partial charge in [-0.05, 0) is 23.3 Å². The molecule has 4 rings (SSSR count). The van der Waals surface area contributed by atoms with Crippen molar-refractivity contribution in [3.63, 3.8) is 0 Å². The van der Waals surface area contributed by atoms with Gasteiger partial charge in [0.15, 0.2) is 6.10 Å². The van der Waals surface area contributed by atoms with Crippen LogP contribution in [0.3, 0.4) is 0 Å². The second kappa shape index (κ2) is 6.08. The molecule has 118 valence electrons. The first kappa shape index (κ1) is 14.3. The van der Waals surface area contributed by atoms with Gasteiger partial charge in [0.25, 0.3) is 0 Å². The van der Waals surface area contributed by atoms with E-state index in [0.717, 1.165) is 22.3 Å². The van der Waals surface area contributed by atoms with Crippen LogP contribution in [0.5, 0.6) is 0 Å². The minimum absolute atomic E-state index is 0.321. The van der Waals surface area contributed by atoms with Crippen LogP contribution in [0.15, 0.2) is 67.3 Å². The summed E-state index contributed by atoms with van der Waals surface area (Å²) in [7, 11) is 0. The van der Waals surface area contributed by atoms with Crippen molar-refractivity contribution < 1.29 is 9.53 Å². The molecule has 3 aromatic rings. The zero-order chi connectivity index (χ0) is 16.4. The molecule has 1 aromatic carbocycles. The number of carbonyl (C=O) groups is 1. The fourth-order valence-corrected chi connectivity index (χ4v) is 2.82. The van der Waals surface area contributed by atoms with Gasteiger partial charge in [-0.25, -0.2) is 4.79 Å². The maximum absolute atomic E-state index is 11.8. The highest BCUT2D eigenvalue weighted by molar-refractivity contribution is 5.71. The van der Waals surface area contributed by atoms with Crippen molar-refractivity contribution in [1.82, 2.24) is 20.5 Å². The van der Waals surface area contributed by atoms with E-state index in [-0.39, 0.29) is 6.04 Å². The Labute approximate surface area is 138 Å². The summed E-state index contributed by atoms with van der Waals surface area (Å²) in [6.07, 6.45) is 5.82. The monoisotopic (exact) mass is 318 g/mol. The number of pyridine rings is 1. The van der Waals surface area contributed by atoms with Gasteiger partial charge in [-0.2, -0.15) is 10.2 Å². The topological polar surface area (TPSA) is 77.0 Å². The molecule has 0 radical (unpaired) electrons. The molecule has 6 heteroatoms. The van der Waals surface area contributed by atoms with E-state index in [2.05, 4.69) is 20.5 Å². The maximum Gasteiger partial charge on any atom is 0.408 e. The number of aromatic nitrogens is 3. The van der Waals surface area contributed by atoms with Crippen LogP contribution >= 0.6 is 0 Å². The quantitative estimate of drug-likeness (QED) is 0.803. The number of carbonyl (C=O) groups excluding carboxylic acids is 1. The highest BCUT2D eigenvalue weighted by Crippen LogP contribution is 2.36. The molecule has 1 saturated heterocycles. The molecule has 6 nitrogen and oxygen atoms in total. The van der Waals surface area contributed by atoms with E-state index in [1.165, 1.54) is 0 Å². The van der Waals surface area contributed by atoms with E-state index in [1.807, 2.05) is 36.4 Å². The molecule has 0 saturated carbocycles. The molecule has 0 aliphatic carbocycles. The number of amides is 1. The van der Waals surface area contributed by atoms with Crippen molar-refractivity contribution in [2.45, 2.75) is 12.1 Å². The first-order valence-corrected chi connectivity index (χ1v) is 7.55. The van der Waals surface area contributed by atoms with Crippen LogP contribution in [0.2, 0.25) is 0 Å². The molecule has 1 N–H and O–H groups in total. The zero-order valence-corrected chi connectivity index (χ0v) is 12.7. The molecule has 1 aliphatic rings. The van der Waals surface area contributed by atoms with Crippen molar-refractivity contribution in [3.8, 4) is 11.1 Å². The molecule has 1 fully saturated rings. The number of benzene rings is 1. The van der Waals surface area contributed by atoms with Crippen LogP contribution in [0.1, 0.15) is 23.3 Å². The Kier molecular flexibility index (Phi) is 3.63. The molecule has 1 aliphatic heterocycles. The summed E-state index contributed by atoms with van der Waals surface area (Å²) in [5, 5.41) is 10.5. The lowest BCUT2D eigenvalue weighted by molar-refractivity contribution is 0.132. The van der Waals surface area contributed by atoms with Crippen LogP contribution in [-0.2, 0) is 4.74 Å². The molecule has 0 spiro atoms. The van der Waals surface area contributed by atoms with Crippen molar-refractivity contribution in [2.24, 2.45) is 0 Å². The number of nitrogens with one attached hydrogen (secondary N) is 1. The molecule has 2 atom stereocenters. The average Bonchev–Trinajstić information content (AvgIpc) is 3.05. The molecular weight excluding hydrogens is 304 g/mol. The summed E-state index contributed by atoms with van der Waals surface area (Å²) >= 11 is 0. The Bertz CT molecular complexity index is 855. The second-order valence-corrected chi connectivity index (χ2v) is 5.50. The number of cyclic esters (lactones) is 1. The van der Waals surface area contributed by atoms with E-state index >= 15 is 0 Å². The summed E-state index contributed by atoms with van der Waals surface area (Å²) in [4.78, 5) is 16.1. The van der Waals surface area contributed by atoms with E-state index in [0.29, 0.717) is 0 Å². The summed E-state index contributed by atoms with van der Waals surface area (Å²) in [6.45, 7) is 0. The van der Waals surface area contributed by atoms with Gasteiger partial charge in [0.05, 0.1) is 6.20 Å². The average molecular weight is 318 g/mol. The molecule has 24 heavy (non-hydrogen) atoms. The Morgan fingerprint density at radius 3 is 2.58 bits per heavy atom. The molecule has 2 aromatic heterocycles. The first-order chi connectivity index (χ1) is 11.8. The Balaban J connectivity index is 1.71. The van der Waals surface area contributed by atoms with Crippen LogP contribution in [0, 0.1) is 0 Å². The number of hydrogen-bond donors (Lipinski definition) is 1. The van der Waals surface area contributed by atoms with E-state index in [1.54, 1.807) is 30.9 Å². The highest BCUT2D eigenvalue weighted by atomic mass is 16.6. The fourth-order valence-electron chi connectivity index (χ4n) is 2.82. The van der Waals surface area contributed by atoms with E-state index < -0.39 is 12.2 Å². The number of rotatable bonds is 3. The Hall–Kier alpha value is -3.28. The van der Waals surface area contributed by atoms with Crippen LogP contribution in [-0.4, -0.2) is 21.3 Å². The molecular formula is C18H14N4O2. The number of hydrogen-bond acceptors (Lipinski definition) is 5. The third kappa shape index (κ3) is 2.69. The third-order valence-electron chi connectivity index (χ3n) is 3.97. The standard InChI is InChI=1S/C18H14N4O2/c23-18-22-16(17(24-18)13-6-7-20-21-11-13)15-8-14(9-19-10-15)12-4-2-1-3-5-12/h1-11,16-17H,(H,22,23)/t16-,17+/m0/s1. The predicted octanol–water partition coefficient (Wildman–Crippen LogP) is 3.06. The third-order valence-corrected chi connectivity index (χ3v) is 3.97. The lowest BCUT2D eigenvalue weighted by Gasteiger charge is -2.17. The van der Waals surface area contributed by atoms with Gasteiger partial charge in [-0.15, -0.1) is 0 Å². The summed E-state index contributed by atoms with van der Waals surface area (Å²) in [5.41, 5.74) is 3.72. The summed E-state index contributed by atoms with van der Waals surface area (Å²) < 4.78 is 5.41. The van der Waals surface area contributed by atoms with Gasteiger partial charge in [0, 0.05) is 29.7 Å². The van der Waals surface area contributed by atoms with Gasteiger partial charge in [0.1, 0.15) is 6.04 Å². The van der Waals surface area contributed by atoms with E-state index in [9.17, 15) is 4.79 Å². The lowest BCUT2D eigenvalue weighted by atomic mass is 9.97. The summed E-state index contributed by atoms with van der Waals surface area (Å²) in [6, 6.07) is 13.5. The van der Waals surface area contributed by atoms with Crippen molar-refractivity contribution in [2.75, 3.05) is 0 Å². The smallest absolute Gasteiger partial charge is 0.408 e. The Morgan fingerprint density at radius 1 is 0.917 bits per heavy atom. The van der Waals surface area contributed by atoms with Crippen LogP contribution < -0.4 is 5.32 Å². The molecule has 1 amide bonds. The number of alkyl carbamates (subject to hydrolysis) is 1. The lowest BCUT2D eigenvalue weighted by Crippen LogP contribution is -2.19. The minimum atomic E-state index is -0.458. The SMILES string of the molecule is O=C1N[C@@H](c2cncc(-c3ccccc3)c2)[C@@H](c2ccnnc2)O1. The van der Waals surface area contributed by atoms with E-state index in [4.69, 9.17) is 4.74 Å². The second-order valence-electron chi connectivity index (χ2n) is 5.50. The predicted molar refractivity (Wildman–Crippen MR) is 86.8 cm³/mol. The fraction of sp³-hybridized carbons (Fsp3) is 0.111. The van der Waals surface area contributed by atoms with Crippen molar-refractivity contribution >= 4 is 6.09 Å². The minimum Gasteiger partial charge on any atom is -0.439 e. The zero-order valence-electron chi connectivity index (χ0n) is 12.7. The van der Waals surface area contributed by atoms with Crippen LogP contribution in [0.4, 0.5) is 4.79 Å². The van der Waals surface area contributed by atoms with Crippen molar-refractivity contribution in [1.29, 1.82) is 0 Å². The molecule has 3 heterocycles. The summed E-state index contributed by atoms with van der Waals surface area (Å²) in [5.74, 6) is 0. The molecule has 0 unspecified atom stereocenters. The van der Waals surface area contributed by atoms with Crippen molar-refractivity contribution in [3.05, 3.63) is 78.4 Å². The van der Waals surface area contributed by atoms with Gasteiger partial charge in [-0.1, -0.05) is 30.3 Å². The number of ether oxygens (including phenoxy) is 1. The highest BCUT2D eigenvalue weighted by Gasteiger charge is 2.36. The van der Waals surface area contributed by atoms with Gasteiger partial charge < -0.3 is 10.1 Å².